The third-order valence-corrected chi connectivity index (χ3v) is 5.10. The van der Waals surface area contributed by atoms with Crippen molar-refractivity contribution < 1.29 is 9.90 Å². The summed E-state index contributed by atoms with van der Waals surface area (Å²) in [4.78, 5) is 14.7. The van der Waals surface area contributed by atoms with Crippen LogP contribution < -0.4 is 5.32 Å². The number of carbonyl (C=O) groups is 1. The Balaban J connectivity index is 0.00000147. The number of fused-ring (bicyclic) bond motifs is 2. The molecule has 3 rings (SSSR count). The molecule has 1 saturated carbocycles. The van der Waals surface area contributed by atoms with E-state index in [1.54, 1.807) is 0 Å². The van der Waals surface area contributed by atoms with Crippen LogP contribution in [0.3, 0.4) is 0 Å². The van der Waals surface area contributed by atoms with Gasteiger partial charge < -0.3 is 15.3 Å². The molecule has 1 amide bonds. The van der Waals surface area contributed by atoms with Gasteiger partial charge in [-0.05, 0) is 36.5 Å². The molecule has 4 nitrogen and oxygen atoms in total. The van der Waals surface area contributed by atoms with Gasteiger partial charge in [0.25, 0.3) is 0 Å². The summed E-state index contributed by atoms with van der Waals surface area (Å²) in [5.41, 5.74) is 0.634. The molecule has 5 heteroatoms. The van der Waals surface area contributed by atoms with E-state index in [9.17, 15) is 9.90 Å². The number of β-amino-alcohol motifs (C(OH)–C–C–N with tert-alkyl or cyclic N) is 1. The number of carbonyl (C=O) groups excluding carboxylic acids is 1. The van der Waals surface area contributed by atoms with Crippen molar-refractivity contribution >= 4 is 18.3 Å². The molecule has 2 N–H and O–H groups in total. The lowest BCUT2D eigenvalue weighted by Crippen LogP contribution is -2.46. The largest absolute Gasteiger partial charge is 0.392 e. The first-order chi connectivity index (χ1) is 8.78. The zero-order chi connectivity index (χ0) is 13.8. The van der Waals surface area contributed by atoms with E-state index in [0.717, 1.165) is 19.4 Å². The highest BCUT2D eigenvalue weighted by Crippen LogP contribution is 2.52. The predicted octanol–water partition coefficient (Wildman–Crippen LogP) is 1.56. The molecule has 0 aromatic carbocycles. The van der Waals surface area contributed by atoms with E-state index in [1.165, 1.54) is 6.42 Å². The molecule has 4 atom stereocenters. The van der Waals surface area contributed by atoms with Crippen LogP contribution in [0.1, 0.15) is 46.5 Å². The summed E-state index contributed by atoms with van der Waals surface area (Å²) in [5, 5.41) is 12.7. The van der Waals surface area contributed by atoms with Gasteiger partial charge in [-0.2, -0.15) is 0 Å². The van der Waals surface area contributed by atoms with Crippen molar-refractivity contribution in [3.05, 3.63) is 0 Å². The van der Waals surface area contributed by atoms with E-state index in [2.05, 4.69) is 31.0 Å². The second-order valence-electron chi connectivity index (χ2n) is 8.03. The number of hydrogen-bond donors (Lipinski definition) is 2. The predicted molar refractivity (Wildman–Crippen MR) is 80.9 cm³/mol. The van der Waals surface area contributed by atoms with Gasteiger partial charge in [-0.3, -0.25) is 4.79 Å². The van der Waals surface area contributed by atoms with Crippen LogP contribution in [0.15, 0.2) is 0 Å². The van der Waals surface area contributed by atoms with Crippen LogP contribution in [-0.2, 0) is 4.79 Å². The van der Waals surface area contributed by atoms with Gasteiger partial charge in [-0.25, -0.2) is 0 Å². The minimum absolute atomic E-state index is 0. The molecule has 3 aliphatic rings. The topological polar surface area (TPSA) is 52.6 Å². The number of halogens is 1. The fraction of sp³-hybridized carbons (Fsp3) is 0.933. The zero-order valence-corrected chi connectivity index (χ0v) is 13.5. The lowest BCUT2D eigenvalue weighted by molar-refractivity contribution is -0.134. The Bertz CT molecular complexity index is 401. The molecule has 4 unspecified atom stereocenters. The summed E-state index contributed by atoms with van der Waals surface area (Å²) in [7, 11) is 0. The van der Waals surface area contributed by atoms with Gasteiger partial charge >= 0.3 is 0 Å². The number of likely N-dealkylation sites (tertiary alicyclic amines) is 1. The monoisotopic (exact) mass is 302 g/mol. The average molecular weight is 303 g/mol. The quantitative estimate of drug-likeness (QED) is 0.773. The molecular weight excluding hydrogens is 276 g/mol. The van der Waals surface area contributed by atoms with Gasteiger partial charge in [-0.1, -0.05) is 20.8 Å². The highest BCUT2D eigenvalue weighted by atomic mass is 35.5. The molecule has 0 aromatic rings. The van der Waals surface area contributed by atoms with Gasteiger partial charge in [0.15, 0.2) is 0 Å². The smallest absolute Gasteiger partial charge is 0.240 e. The second kappa shape index (κ2) is 5.15. The molecule has 0 aromatic heterocycles. The van der Waals surface area contributed by atoms with Crippen molar-refractivity contribution in [1.29, 1.82) is 0 Å². The summed E-state index contributed by atoms with van der Waals surface area (Å²) >= 11 is 0. The van der Waals surface area contributed by atoms with Crippen LogP contribution in [0, 0.1) is 10.8 Å². The summed E-state index contributed by atoms with van der Waals surface area (Å²) in [6.45, 7) is 8.42. The van der Waals surface area contributed by atoms with E-state index < -0.39 is 0 Å². The fourth-order valence-electron chi connectivity index (χ4n) is 4.82. The van der Waals surface area contributed by atoms with Gasteiger partial charge in [0.1, 0.15) is 0 Å². The van der Waals surface area contributed by atoms with Gasteiger partial charge in [0, 0.05) is 19.1 Å². The Labute approximate surface area is 127 Å². The SMILES string of the molecule is CC1(C)CC2CC(C)(CN2C(=O)C2CC(O)CN2)C1.Cl. The number of aliphatic hydroxyl groups excluding tert-OH is 1. The Morgan fingerprint density at radius 3 is 2.60 bits per heavy atom. The maximum Gasteiger partial charge on any atom is 0.240 e. The molecule has 1 aliphatic carbocycles. The number of amides is 1. The second-order valence-corrected chi connectivity index (χ2v) is 8.03. The van der Waals surface area contributed by atoms with E-state index >= 15 is 0 Å². The van der Waals surface area contributed by atoms with E-state index in [1.807, 2.05) is 0 Å². The maximum atomic E-state index is 12.6. The first-order valence-corrected chi connectivity index (χ1v) is 7.50. The molecule has 2 saturated heterocycles. The first-order valence-electron chi connectivity index (χ1n) is 7.50. The molecule has 0 spiro atoms. The van der Waals surface area contributed by atoms with E-state index in [4.69, 9.17) is 0 Å². The maximum absolute atomic E-state index is 12.6. The zero-order valence-electron chi connectivity index (χ0n) is 12.7. The highest BCUT2D eigenvalue weighted by molar-refractivity contribution is 5.85. The van der Waals surface area contributed by atoms with Crippen LogP contribution >= 0.6 is 12.4 Å². The van der Waals surface area contributed by atoms with Crippen LogP contribution in [0.4, 0.5) is 0 Å². The molecule has 20 heavy (non-hydrogen) atoms. The number of hydrogen-bond acceptors (Lipinski definition) is 3. The minimum Gasteiger partial charge on any atom is -0.392 e. The van der Waals surface area contributed by atoms with Crippen molar-refractivity contribution in [3.8, 4) is 0 Å². The van der Waals surface area contributed by atoms with Gasteiger partial charge in [0.05, 0.1) is 12.1 Å². The molecule has 116 valence electrons. The summed E-state index contributed by atoms with van der Waals surface area (Å²) in [6.07, 6.45) is 3.69. The average Bonchev–Trinajstić information content (AvgIpc) is 2.78. The molecule has 0 radical (unpaired) electrons. The van der Waals surface area contributed by atoms with E-state index in [-0.39, 0.29) is 30.5 Å². The molecule has 2 aliphatic heterocycles. The fourth-order valence-corrected chi connectivity index (χ4v) is 4.82. The van der Waals surface area contributed by atoms with Crippen molar-refractivity contribution in [2.75, 3.05) is 13.1 Å². The van der Waals surface area contributed by atoms with Crippen LogP contribution in [0.2, 0.25) is 0 Å². The molecule has 3 fully saturated rings. The summed E-state index contributed by atoms with van der Waals surface area (Å²) in [5.74, 6) is 0.211. The third kappa shape index (κ3) is 2.83. The molecular formula is C15H27ClN2O2. The number of aliphatic hydroxyl groups is 1. The lowest BCUT2D eigenvalue weighted by atomic mass is 9.65. The summed E-state index contributed by atoms with van der Waals surface area (Å²) in [6, 6.07) is 0.238. The van der Waals surface area contributed by atoms with Crippen molar-refractivity contribution in [3.63, 3.8) is 0 Å². The van der Waals surface area contributed by atoms with Crippen LogP contribution in [0.5, 0.6) is 0 Å². The molecule has 2 bridgehead atoms. The van der Waals surface area contributed by atoms with Crippen molar-refractivity contribution in [2.24, 2.45) is 10.8 Å². The van der Waals surface area contributed by atoms with Crippen LogP contribution in [0.25, 0.3) is 0 Å². The van der Waals surface area contributed by atoms with E-state index in [0.29, 0.717) is 29.8 Å². The number of nitrogens with zero attached hydrogens (tertiary/aromatic N) is 1. The van der Waals surface area contributed by atoms with Gasteiger partial charge in [-0.15, -0.1) is 12.4 Å². The minimum atomic E-state index is -0.358. The Hall–Kier alpha value is -0.320. The Morgan fingerprint density at radius 1 is 1.30 bits per heavy atom. The number of nitrogens with one attached hydrogen (secondary N) is 1. The molecule has 2 heterocycles. The standard InChI is InChI=1S/C15H26N2O2.ClH/c1-14(2)5-10-6-15(3,8-14)9-17(10)13(19)12-4-11(18)7-16-12;/h10-12,16,18H,4-9H2,1-3H3;1H. The third-order valence-electron chi connectivity index (χ3n) is 5.10. The number of rotatable bonds is 1. The Morgan fingerprint density at radius 2 is 2.00 bits per heavy atom. The Kier molecular flexibility index (Phi) is 4.13. The van der Waals surface area contributed by atoms with Crippen molar-refractivity contribution in [2.45, 2.75) is 64.6 Å². The summed E-state index contributed by atoms with van der Waals surface area (Å²) < 4.78 is 0. The highest BCUT2D eigenvalue weighted by Gasteiger charge is 2.52. The van der Waals surface area contributed by atoms with Crippen molar-refractivity contribution in [1.82, 2.24) is 10.2 Å². The van der Waals surface area contributed by atoms with Gasteiger partial charge in [0.2, 0.25) is 5.91 Å². The first kappa shape index (κ1) is 16.1. The van der Waals surface area contributed by atoms with Crippen LogP contribution in [-0.4, -0.2) is 47.2 Å². The lowest BCUT2D eigenvalue weighted by Gasteiger charge is -2.39. The normalized spacial score (nSPS) is 42.4.